The highest BCUT2D eigenvalue weighted by Crippen LogP contribution is 2.28. The van der Waals surface area contributed by atoms with E-state index in [-0.39, 0.29) is 5.91 Å². The normalized spacial score (nSPS) is 10.9. The van der Waals surface area contributed by atoms with Crippen LogP contribution in [0.2, 0.25) is 0 Å². The van der Waals surface area contributed by atoms with Crippen molar-refractivity contribution in [3.05, 3.63) is 65.8 Å². The van der Waals surface area contributed by atoms with E-state index in [9.17, 15) is 4.79 Å². The summed E-state index contributed by atoms with van der Waals surface area (Å²) < 4.78 is 6.94. The summed E-state index contributed by atoms with van der Waals surface area (Å²) in [5, 5.41) is 10.3. The largest absolute Gasteiger partial charge is 0.497 e. The molecule has 0 bridgehead atoms. The van der Waals surface area contributed by atoms with Gasteiger partial charge in [-0.25, -0.2) is 9.50 Å². The molecule has 1 N–H and O–H groups in total. The summed E-state index contributed by atoms with van der Waals surface area (Å²) >= 11 is 3.06. The minimum atomic E-state index is -0.0392. The highest BCUT2D eigenvalue weighted by molar-refractivity contribution is 8.00. The highest BCUT2D eigenvalue weighted by atomic mass is 32.2. The number of rotatable bonds is 7. The van der Waals surface area contributed by atoms with Crippen molar-refractivity contribution in [2.45, 2.75) is 11.6 Å². The zero-order valence-corrected chi connectivity index (χ0v) is 16.8. The number of carbonyl (C=O) groups excluding carboxylic acids is 1. The molecule has 0 aliphatic heterocycles. The molecule has 1 amide bonds. The van der Waals surface area contributed by atoms with Crippen molar-refractivity contribution in [1.29, 1.82) is 0 Å². The lowest BCUT2D eigenvalue weighted by atomic mass is 10.2. The Hall–Kier alpha value is -2.84. The number of carbonyl (C=O) groups is 1. The number of hydrogen-bond acceptors (Lipinski definition) is 6. The molecule has 3 heterocycles. The fourth-order valence-corrected chi connectivity index (χ4v) is 4.17. The minimum Gasteiger partial charge on any atom is -0.497 e. The van der Waals surface area contributed by atoms with Gasteiger partial charge < -0.3 is 10.1 Å². The highest BCUT2D eigenvalue weighted by Gasteiger charge is 2.11. The molecule has 3 aromatic heterocycles. The molecular formula is C20H18N4O2S2. The molecule has 6 nitrogen and oxygen atoms in total. The summed E-state index contributed by atoms with van der Waals surface area (Å²) in [6.45, 7) is 0.482. The van der Waals surface area contributed by atoms with Gasteiger partial charge in [0.2, 0.25) is 5.91 Å². The summed E-state index contributed by atoms with van der Waals surface area (Å²) in [4.78, 5) is 17.8. The van der Waals surface area contributed by atoms with Gasteiger partial charge in [0.15, 0.2) is 0 Å². The smallest absolute Gasteiger partial charge is 0.230 e. The molecule has 0 aliphatic rings. The number of amides is 1. The van der Waals surface area contributed by atoms with Gasteiger partial charge in [0.1, 0.15) is 16.5 Å². The van der Waals surface area contributed by atoms with Crippen LogP contribution in [0.25, 0.3) is 16.1 Å². The number of aromatic nitrogens is 3. The molecule has 0 radical (unpaired) electrons. The minimum absolute atomic E-state index is 0.0392. The first-order chi connectivity index (χ1) is 13.7. The van der Waals surface area contributed by atoms with Gasteiger partial charge in [-0.05, 0) is 35.2 Å². The maximum Gasteiger partial charge on any atom is 0.230 e. The number of hydrogen-bond donors (Lipinski definition) is 1. The Kier molecular flexibility index (Phi) is 5.59. The molecule has 8 heteroatoms. The van der Waals surface area contributed by atoms with Gasteiger partial charge in [-0.2, -0.15) is 5.10 Å². The number of ether oxygens (including phenoxy) is 1. The second kappa shape index (κ2) is 8.45. The Balaban J connectivity index is 1.38. The topological polar surface area (TPSA) is 68.5 Å². The lowest BCUT2D eigenvalue weighted by Crippen LogP contribution is -2.24. The summed E-state index contributed by atoms with van der Waals surface area (Å²) in [5.74, 6) is 1.05. The summed E-state index contributed by atoms with van der Waals surface area (Å²) in [7, 11) is 1.63. The van der Waals surface area contributed by atoms with Crippen molar-refractivity contribution < 1.29 is 9.53 Å². The Morgan fingerprint density at radius 1 is 1.29 bits per heavy atom. The maximum atomic E-state index is 12.2. The Labute approximate surface area is 170 Å². The molecule has 4 rings (SSSR count). The van der Waals surface area contributed by atoms with Gasteiger partial charge in [0.05, 0.1) is 23.3 Å². The van der Waals surface area contributed by atoms with E-state index in [1.165, 1.54) is 11.8 Å². The van der Waals surface area contributed by atoms with Crippen molar-refractivity contribution in [1.82, 2.24) is 19.9 Å². The third-order valence-electron chi connectivity index (χ3n) is 4.12. The molecule has 0 atom stereocenters. The maximum absolute atomic E-state index is 12.2. The van der Waals surface area contributed by atoms with Crippen molar-refractivity contribution in [2.75, 3.05) is 12.9 Å². The van der Waals surface area contributed by atoms with E-state index in [0.29, 0.717) is 12.3 Å². The number of benzene rings is 1. The zero-order valence-electron chi connectivity index (χ0n) is 15.2. The predicted molar refractivity (Wildman–Crippen MR) is 112 cm³/mol. The van der Waals surface area contributed by atoms with E-state index in [4.69, 9.17) is 4.74 Å². The first kappa shape index (κ1) is 18.5. The quantitative estimate of drug-likeness (QED) is 0.469. The van der Waals surface area contributed by atoms with Crippen LogP contribution in [0.1, 0.15) is 5.56 Å². The average molecular weight is 411 g/mol. The second-order valence-electron chi connectivity index (χ2n) is 5.98. The average Bonchev–Trinajstić information content (AvgIpc) is 3.40. The molecule has 142 valence electrons. The van der Waals surface area contributed by atoms with Crippen molar-refractivity contribution in [3.8, 4) is 16.3 Å². The van der Waals surface area contributed by atoms with Crippen LogP contribution in [0.15, 0.2) is 65.3 Å². The number of thiophene rings is 1. The molecule has 28 heavy (non-hydrogen) atoms. The molecule has 1 aromatic carbocycles. The van der Waals surface area contributed by atoms with E-state index in [0.717, 1.165) is 32.4 Å². The van der Waals surface area contributed by atoms with Crippen molar-refractivity contribution >= 4 is 34.5 Å². The van der Waals surface area contributed by atoms with E-state index >= 15 is 0 Å². The van der Waals surface area contributed by atoms with Gasteiger partial charge >= 0.3 is 0 Å². The third-order valence-corrected chi connectivity index (χ3v) is 6.00. The molecule has 0 saturated carbocycles. The fraction of sp³-hybridized carbons (Fsp3) is 0.150. The number of fused-ring (bicyclic) bond motifs is 1. The molecule has 0 unspecified atom stereocenters. The molecule has 0 spiro atoms. The van der Waals surface area contributed by atoms with Crippen LogP contribution in [-0.2, 0) is 11.3 Å². The van der Waals surface area contributed by atoms with Crippen LogP contribution in [0, 0.1) is 0 Å². The van der Waals surface area contributed by atoms with Crippen LogP contribution < -0.4 is 10.1 Å². The van der Waals surface area contributed by atoms with E-state index in [1.807, 2.05) is 54.0 Å². The SMILES string of the molecule is COc1ccc(CNC(=O)CSc2nccn3nc(-c4cccs4)cc23)cc1. The number of nitrogens with one attached hydrogen (secondary N) is 1. The number of thioether (sulfide) groups is 1. The van der Waals surface area contributed by atoms with Crippen molar-refractivity contribution in [2.24, 2.45) is 0 Å². The van der Waals surface area contributed by atoms with Gasteiger partial charge in [-0.15, -0.1) is 11.3 Å². The van der Waals surface area contributed by atoms with Gasteiger partial charge in [-0.3, -0.25) is 4.79 Å². The van der Waals surface area contributed by atoms with E-state index in [2.05, 4.69) is 15.4 Å². The Morgan fingerprint density at radius 3 is 2.89 bits per heavy atom. The summed E-state index contributed by atoms with van der Waals surface area (Å²) in [6.07, 6.45) is 3.52. The molecule has 0 saturated heterocycles. The third kappa shape index (κ3) is 4.18. The molecule has 4 aromatic rings. The van der Waals surface area contributed by atoms with Gasteiger partial charge in [0.25, 0.3) is 0 Å². The Morgan fingerprint density at radius 2 is 2.14 bits per heavy atom. The standard InChI is InChI=1S/C20H18N4O2S2/c1-26-15-6-4-14(5-7-15)12-22-19(25)13-28-20-17-11-16(18-3-2-10-27-18)23-24(17)9-8-21-20/h2-11H,12-13H2,1H3,(H,22,25). The monoisotopic (exact) mass is 410 g/mol. The lowest BCUT2D eigenvalue weighted by molar-refractivity contribution is -0.118. The fourth-order valence-electron chi connectivity index (χ4n) is 2.68. The van der Waals surface area contributed by atoms with Gasteiger partial charge in [0, 0.05) is 18.9 Å². The second-order valence-corrected chi connectivity index (χ2v) is 7.89. The number of methoxy groups -OCH3 is 1. The zero-order chi connectivity index (χ0) is 19.3. The van der Waals surface area contributed by atoms with Crippen LogP contribution in [0.4, 0.5) is 0 Å². The van der Waals surface area contributed by atoms with Crippen LogP contribution in [0.5, 0.6) is 5.75 Å². The first-order valence-electron chi connectivity index (χ1n) is 8.63. The van der Waals surface area contributed by atoms with Crippen molar-refractivity contribution in [3.63, 3.8) is 0 Å². The summed E-state index contributed by atoms with van der Waals surface area (Å²) in [6, 6.07) is 13.7. The van der Waals surface area contributed by atoms with Crippen LogP contribution >= 0.6 is 23.1 Å². The lowest BCUT2D eigenvalue weighted by Gasteiger charge is -2.06. The van der Waals surface area contributed by atoms with Crippen LogP contribution in [-0.4, -0.2) is 33.4 Å². The number of nitrogens with zero attached hydrogens (tertiary/aromatic N) is 3. The van der Waals surface area contributed by atoms with E-state index in [1.54, 1.807) is 29.2 Å². The van der Waals surface area contributed by atoms with E-state index < -0.39 is 0 Å². The molecule has 0 fully saturated rings. The first-order valence-corrected chi connectivity index (χ1v) is 10.5. The molecule has 0 aliphatic carbocycles. The van der Waals surface area contributed by atoms with Gasteiger partial charge in [-0.1, -0.05) is 30.0 Å². The van der Waals surface area contributed by atoms with Crippen LogP contribution in [0.3, 0.4) is 0 Å². The predicted octanol–water partition coefficient (Wildman–Crippen LogP) is 3.87. The Bertz CT molecular complexity index is 1080. The molecular weight excluding hydrogens is 392 g/mol. The summed E-state index contributed by atoms with van der Waals surface area (Å²) in [5.41, 5.74) is 2.84.